The van der Waals surface area contributed by atoms with Gasteiger partial charge in [-0.1, -0.05) is 0 Å². The molecule has 0 N–H and O–H groups in total. The molecule has 0 saturated heterocycles. The second-order valence-electron chi connectivity index (χ2n) is 5.70. The number of rotatable bonds is 2. The van der Waals surface area contributed by atoms with Crippen molar-refractivity contribution in [2.24, 2.45) is 0 Å². The van der Waals surface area contributed by atoms with Gasteiger partial charge in [-0.2, -0.15) is 0 Å². The first kappa shape index (κ1) is 16.3. The summed E-state index contributed by atoms with van der Waals surface area (Å²) in [4.78, 5) is 25.1. The molecular formula is C16H20FNO4. The van der Waals surface area contributed by atoms with Gasteiger partial charge in [-0.05, 0) is 32.9 Å². The van der Waals surface area contributed by atoms with Crippen LogP contribution in [0, 0.1) is 5.82 Å². The molecule has 1 aliphatic heterocycles. The average molecular weight is 309 g/mol. The Morgan fingerprint density at radius 2 is 2.09 bits per heavy atom. The van der Waals surface area contributed by atoms with Gasteiger partial charge in [-0.25, -0.2) is 9.18 Å². The highest BCUT2D eigenvalue weighted by Gasteiger charge is 2.27. The smallest absolute Gasteiger partial charge is 0.338 e. The molecule has 2 rings (SSSR count). The Balaban J connectivity index is 2.37. The number of hydrogen-bond donors (Lipinski definition) is 0. The van der Waals surface area contributed by atoms with Crippen LogP contribution >= 0.6 is 0 Å². The molecule has 0 spiro atoms. The van der Waals surface area contributed by atoms with Gasteiger partial charge in [0.05, 0.1) is 24.3 Å². The molecular weight excluding hydrogens is 289 g/mol. The maximum atomic E-state index is 14.3. The van der Waals surface area contributed by atoms with Crippen LogP contribution in [0.3, 0.4) is 0 Å². The van der Waals surface area contributed by atoms with Crippen molar-refractivity contribution < 1.29 is 23.5 Å². The summed E-state index contributed by atoms with van der Waals surface area (Å²) in [7, 11) is 0. The van der Waals surface area contributed by atoms with Crippen molar-refractivity contribution in [2.45, 2.75) is 46.4 Å². The Morgan fingerprint density at radius 3 is 2.68 bits per heavy atom. The summed E-state index contributed by atoms with van der Waals surface area (Å²) in [6, 6.07) is 2.43. The molecule has 5 nitrogen and oxygen atoms in total. The highest BCUT2D eigenvalue weighted by atomic mass is 19.1. The SMILES string of the molecule is CC(=O)N1Cc2c(F)cc(C(=O)OC(C)C)cc2OCC1C. The molecule has 0 aromatic heterocycles. The molecule has 120 valence electrons. The van der Waals surface area contributed by atoms with Crippen LogP contribution in [0.5, 0.6) is 5.75 Å². The van der Waals surface area contributed by atoms with Gasteiger partial charge in [0.15, 0.2) is 0 Å². The Labute approximate surface area is 129 Å². The minimum atomic E-state index is -0.596. The lowest BCUT2D eigenvalue weighted by Gasteiger charge is -2.24. The monoisotopic (exact) mass is 309 g/mol. The Morgan fingerprint density at radius 1 is 1.41 bits per heavy atom. The Kier molecular flexibility index (Phi) is 4.68. The van der Waals surface area contributed by atoms with Gasteiger partial charge in [0.2, 0.25) is 5.91 Å². The molecule has 1 heterocycles. The summed E-state index contributed by atoms with van der Waals surface area (Å²) >= 11 is 0. The van der Waals surface area contributed by atoms with Crippen LogP contribution in [-0.2, 0) is 16.1 Å². The Bertz CT molecular complexity index is 600. The lowest BCUT2D eigenvalue weighted by Crippen LogP contribution is -2.38. The standard InChI is InChI=1S/C16H20FNO4/c1-9(2)22-16(20)12-5-14(17)13-7-18(11(4)19)10(3)8-21-15(13)6-12/h5-6,9-10H,7-8H2,1-4H3. The van der Waals surface area contributed by atoms with E-state index in [1.54, 1.807) is 18.7 Å². The molecule has 0 bridgehead atoms. The molecule has 0 radical (unpaired) electrons. The van der Waals surface area contributed by atoms with E-state index < -0.39 is 11.8 Å². The number of esters is 1. The number of halogens is 1. The summed E-state index contributed by atoms with van der Waals surface area (Å²) < 4.78 is 25.0. The largest absolute Gasteiger partial charge is 0.491 e. The number of nitrogens with zero attached hydrogens (tertiary/aromatic N) is 1. The predicted octanol–water partition coefficient (Wildman–Crippen LogP) is 2.52. The van der Waals surface area contributed by atoms with Crippen molar-refractivity contribution in [1.29, 1.82) is 0 Å². The van der Waals surface area contributed by atoms with E-state index in [2.05, 4.69) is 0 Å². The van der Waals surface area contributed by atoms with E-state index in [0.717, 1.165) is 6.07 Å². The fourth-order valence-corrected chi connectivity index (χ4v) is 2.34. The predicted molar refractivity (Wildman–Crippen MR) is 78.1 cm³/mol. The summed E-state index contributed by atoms with van der Waals surface area (Å²) in [6.45, 7) is 7.08. The summed E-state index contributed by atoms with van der Waals surface area (Å²) in [6.07, 6.45) is -0.288. The molecule has 1 aromatic carbocycles. The van der Waals surface area contributed by atoms with E-state index in [1.165, 1.54) is 13.0 Å². The number of ether oxygens (including phenoxy) is 2. The van der Waals surface area contributed by atoms with Gasteiger partial charge >= 0.3 is 5.97 Å². The van der Waals surface area contributed by atoms with Crippen LogP contribution in [0.15, 0.2) is 12.1 Å². The zero-order chi connectivity index (χ0) is 16.4. The van der Waals surface area contributed by atoms with Crippen LogP contribution in [0.1, 0.15) is 43.6 Å². The van der Waals surface area contributed by atoms with Gasteiger partial charge in [-0.3, -0.25) is 4.79 Å². The van der Waals surface area contributed by atoms with Crippen molar-refractivity contribution in [3.8, 4) is 5.75 Å². The van der Waals surface area contributed by atoms with Gasteiger partial charge in [0, 0.05) is 12.5 Å². The third kappa shape index (κ3) is 3.37. The van der Waals surface area contributed by atoms with E-state index in [9.17, 15) is 14.0 Å². The van der Waals surface area contributed by atoms with Gasteiger partial charge in [-0.15, -0.1) is 0 Å². The second-order valence-corrected chi connectivity index (χ2v) is 5.70. The van der Waals surface area contributed by atoms with E-state index in [0.29, 0.717) is 0 Å². The quantitative estimate of drug-likeness (QED) is 0.788. The first-order chi connectivity index (χ1) is 10.3. The van der Waals surface area contributed by atoms with Crippen LogP contribution < -0.4 is 4.74 Å². The minimum absolute atomic E-state index is 0.105. The van der Waals surface area contributed by atoms with E-state index in [4.69, 9.17) is 9.47 Å². The lowest BCUT2D eigenvalue weighted by molar-refractivity contribution is -0.131. The van der Waals surface area contributed by atoms with Crippen molar-refractivity contribution >= 4 is 11.9 Å². The molecule has 0 saturated carbocycles. The summed E-state index contributed by atoms with van der Waals surface area (Å²) in [5.74, 6) is -1.03. The fourth-order valence-electron chi connectivity index (χ4n) is 2.34. The molecule has 1 aliphatic rings. The highest BCUT2D eigenvalue weighted by molar-refractivity contribution is 5.90. The summed E-state index contributed by atoms with van der Waals surface area (Å²) in [5.41, 5.74) is 0.384. The van der Waals surface area contributed by atoms with Crippen LogP contribution in [0.25, 0.3) is 0 Å². The third-order valence-electron chi connectivity index (χ3n) is 3.48. The maximum Gasteiger partial charge on any atom is 0.338 e. The molecule has 0 fully saturated rings. The number of carbonyl (C=O) groups excluding carboxylic acids is 2. The minimum Gasteiger partial charge on any atom is -0.491 e. The van der Waals surface area contributed by atoms with Crippen LogP contribution in [0.4, 0.5) is 4.39 Å². The lowest BCUT2D eigenvalue weighted by atomic mass is 10.1. The average Bonchev–Trinajstić information content (AvgIpc) is 2.58. The van der Waals surface area contributed by atoms with Crippen LogP contribution in [0.2, 0.25) is 0 Å². The van der Waals surface area contributed by atoms with E-state index >= 15 is 0 Å². The number of amides is 1. The van der Waals surface area contributed by atoms with Crippen molar-refractivity contribution in [2.75, 3.05) is 6.61 Å². The maximum absolute atomic E-state index is 14.3. The normalized spacial score (nSPS) is 17.5. The highest BCUT2D eigenvalue weighted by Crippen LogP contribution is 2.29. The molecule has 6 heteroatoms. The second kappa shape index (κ2) is 6.34. The molecule has 1 atom stereocenters. The van der Waals surface area contributed by atoms with Crippen LogP contribution in [-0.4, -0.2) is 35.5 Å². The number of fused-ring (bicyclic) bond motifs is 1. The first-order valence-electron chi connectivity index (χ1n) is 7.23. The fraction of sp³-hybridized carbons (Fsp3) is 0.500. The molecule has 22 heavy (non-hydrogen) atoms. The van der Waals surface area contributed by atoms with E-state index in [1.807, 2.05) is 6.92 Å². The number of hydrogen-bond acceptors (Lipinski definition) is 4. The molecule has 0 aliphatic carbocycles. The van der Waals surface area contributed by atoms with Gasteiger partial charge in [0.1, 0.15) is 18.2 Å². The third-order valence-corrected chi connectivity index (χ3v) is 3.48. The number of carbonyl (C=O) groups is 2. The zero-order valence-electron chi connectivity index (χ0n) is 13.2. The molecule has 1 unspecified atom stereocenters. The molecule has 1 aromatic rings. The zero-order valence-corrected chi connectivity index (χ0v) is 13.2. The number of benzene rings is 1. The summed E-state index contributed by atoms with van der Waals surface area (Å²) in [5, 5.41) is 0. The first-order valence-corrected chi connectivity index (χ1v) is 7.23. The van der Waals surface area contributed by atoms with Gasteiger partial charge < -0.3 is 14.4 Å². The topological polar surface area (TPSA) is 55.8 Å². The molecule has 1 amide bonds. The van der Waals surface area contributed by atoms with Crippen molar-refractivity contribution in [3.05, 3.63) is 29.1 Å². The Hall–Kier alpha value is -2.11. The van der Waals surface area contributed by atoms with Gasteiger partial charge in [0.25, 0.3) is 0 Å². The van der Waals surface area contributed by atoms with Crippen molar-refractivity contribution in [1.82, 2.24) is 4.90 Å². The van der Waals surface area contributed by atoms with E-state index in [-0.39, 0.29) is 48.1 Å². The van der Waals surface area contributed by atoms with Crippen molar-refractivity contribution in [3.63, 3.8) is 0 Å².